The van der Waals surface area contributed by atoms with E-state index in [4.69, 9.17) is 0 Å². The lowest BCUT2D eigenvalue weighted by Gasteiger charge is -2.01. The van der Waals surface area contributed by atoms with Crippen LogP contribution in [0.2, 0.25) is 0 Å². The summed E-state index contributed by atoms with van der Waals surface area (Å²) in [5, 5.41) is 0. The van der Waals surface area contributed by atoms with Gasteiger partial charge in [0.15, 0.2) is 0 Å². The molecule has 21 heavy (non-hydrogen) atoms. The fourth-order valence-electron chi connectivity index (χ4n) is 1.88. The summed E-state index contributed by atoms with van der Waals surface area (Å²) in [5.74, 6) is 0. The number of allylic oxidation sites excluding steroid dienone is 9. The minimum Gasteiger partial charge on any atom is -0.0961 e. The van der Waals surface area contributed by atoms with E-state index in [9.17, 15) is 0 Å². The van der Waals surface area contributed by atoms with Crippen molar-refractivity contribution in [3.05, 3.63) is 59.3 Å². The first-order chi connectivity index (χ1) is 9.41. The average Bonchev–Trinajstić information content (AvgIpc) is 2.34. The third-order valence-electron chi connectivity index (χ3n) is 3.13. The zero-order chi connectivity index (χ0) is 15.4. The highest BCUT2D eigenvalue weighted by atomic mass is 14.0. The van der Waals surface area contributed by atoms with Gasteiger partial charge in [0.05, 0.1) is 0 Å². The summed E-state index contributed by atoms with van der Waals surface area (Å²) in [5.41, 5.74) is 5.52. The topological polar surface area (TPSA) is 0 Å². The van der Waals surface area contributed by atoms with Gasteiger partial charge in [-0.25, -0.2) is 0 Å². The predicted molar refractivity (Wildman–Crippen MR) is 101 cm³/mol. The lowest BCUT2D eigenvalue weighted by molar-refractivity contribution is 0.915. The average molecular weight is 289 g/mol. The van der Waals surface area contributed by atoms with E-state index in [0.29, 0.717) is 0 Å². The summed E-state index contributed by atoms with van der Waals surface area (Å²) >= 11 is 0. The van der Waals surface area contributed by atoms with Crippen molar-refractivity contribution in [2.75, 3.05) is 0 Å². The van der Waals surface area contributed by atoms with Crippen molar-refractivity contribution in [3.63, 3.8) is 0 Å². The van der Waals surface area contributed by atoms with Crippen molar-refractivity contribution in [1.82, 2.24) is 0 Å². The molecule has 0 saturated heterocycles. The second-order valence-corrected chi connectivity index (χ2v) is 5.94. The molecule has 0 nitrogen and oxygen atoms in total. The van der Waals surface area contributed by atoms with E-state index in [1.165, 1.54) is 36.0 Å². The molecule has 120 valence electrons. The molecule has 0 rings (SSSR count). The number of hydrogen-bond acceptors (Lipinski definition) is 0. The maximum atomic E-state index is 3.86. The first-order valence-corrected chi connectivity index (χ1v) is 7.68. The molecule has 0 saturated carbocycles. The van der Waals surface area contributed by atoms with Crippen LogP contribution in [0.4, 0.5) is 0 Å². The Morgan fingerprint density at radius 1 is 0.810 bits per heavy atom. The van der Waals surface area contributed by atoms with Crippen LogP contribution < -0.4 is 0 Å². The SMILES string of the molecule is C.C=C(C)C=CCC=C(C)CCC=C(C)CCC=C(C)C. The molecule has 0 amide bonds. The Bertz CT molecular complexity index is 396. The Balaban J connectivity index is 0. The zero-order valence-corrected chi connectivity index (χ0v) is 14.1. The number of hydrogen-bond donors (Lipinski definition) is 0. The highest BCUT2D eigenvalue weighted by Crippen LogP contribution is 2.11. The van der Waals surface area contributed by atoms with Crippen LogP contribution in [0.25, 0.3) is 0 Å². The van der Waals surface area contributed by atoms with Crippen molar-refractivity contribution in [2.45, 2.75) is 74.1 Å². The van der Waals surface area contributed by atoms with Crippen molar-refractivity contribution < 1.29 is 0 Å². The molecule has 0 spiro atoms. The van der Waals surface area contributed by atoms with Gasteiger partial charge in [0.1, 0.15) is 0 Å². The summed E-state index contributed by atoms with van der Waals surface area (Å²) in [6.45, 7) is 14.7. The highest BCUT2D eigenvalue weighted by Gasteiger charge is 1.91. The van der Waals surface area contributed by atoms with Crippen LogP contribution >= 0.6 is 0 Å². The lowest BCUT2D eigenvalue weighted by atomic mass is 10.1. The number of rotatable bonds is 9. The molecule has 0 radical (unpaired) electrons. The lowest BCUT2D eigenvalue weighted by Crippen LogP contribution is -1.80. The fourth-order valence-corrected chi connectivity index (χ4v) is 1.88. The Labute approximate surface area is 134 Å². The summed E-state index contributed by atoms with van der Waals surface area (Å²) < 4.78 is 0. The summed E-state index contributed by atoms with van der Waals surface area (Å²) in [6.07, 6.45) is 17.0. The third kappa shape index (κ3) is 16.6. The van der Waals surface area contributed by atoms with Crippen LogP contribution in [-0.2, 0) is 0 Å². The van der Waals surface area contributed by atoms with Crippen molar-refractivity contribution in [1.29, 1.82) is 0 Å². The van der Waals surface area contributed by atoms with Gasteiger partial charge in [0.2, 0.25) is 0 Å². The first kappa shape index (κ1) is 22.0. The van der Waals surface area contributed by atoms with E-state index in [0.717, 1.165) is 18.4 Å². The van der Waals surface area contributed by atoms with Gasteiger partial charge in [-0.3, -0.25) is 0 Å². The largest absolute Gasteiger partial charge is 0.0961 e. The standard InChI is InChI=1S/C20H32.CH4/c1-17(2)11-7-8-13-19(5)15-10-16-20(6)14-9-12-18(3)4;/h7,11-13,16H,1,8-10,14-15H2,2-6H3;1H4. The fraction of sp³-hybridized carbons (Fsp3) is 0.524. The Hall–Kier alpha value is -1.30. The predicted octanol–water partition coefficient (Wildman–Crippen LogP) is 7.56. The minimum atomic E-state index is 0. The van der Waals surface area contributed by atoms with E-state index in [1.54, 1.807) is 0 Å². The van der Waals surface area contributed by atoms with Gasteiger partial charge >= 0.3 is 0 Å². The Kier molecular flexibility index (Phi) is 14.3. The molecule has 0 unspecified atom stereocenters. The van der Waals surface area contributed by atoms with Crippen LogP contribution in [-0.4, -0.2) is 0 Å². The van der Waals surface area contributed by atoms with E-state index in [1.807, 2.05) is 6.92 Å². The van der Waals surface area contributed by atoms with Crippen LogP contribution in [0.15, 0.2) is 59.3 Å². The molecule has 0 fully saturated rings. The molecule has 0 aromatic rings. The molecule has 0 aliphatic carbocycles. The maximum absolute atomic E-state index is 3.86. The molecule has 0 heteroatoms. The second-order valence-electron chi connectivity index (χ2n) is 5.94. The maximum Gasteiger partial charge on any atom is -0.0163 e. The first-order valence-electron chi connectivity index (χ1n) is 7.68. The second kappa shape index (κ2) is 13.7. The summed E-state index contributed by atoms with van der Waals surface area (Å²) in [6, 6.07) is 0. The summed E-state index contributed by atoms with van der Waals surface area (Å²) in [7, 11) is 0. The minimum absolute atomic E-state index is 0. The van der Waals surface area contributed by atoms with Crippen molar-refractivity contribution in [3.8, 4) is 0 Å². The van der Waals surface area contributed by atoms with Gasteiger partial charge < -0.3 is 0 Å². The summed E-state index contributed by atoms with van der Waals surface area (Å²) in [4.78, 5) is 0. The monoisotopic (exact) mass is 288 g/mol. The molecule has 0 atom stereocenters. The van der Waals surface area contributed by atoms with E-state index >= 15 is 0 Å². The highest BCUT2D eigenvalue weighted by molar-refractivity contribution is 5.13. The van der Waals surface area contributed by atoms with Crippen LogP contribution in [0.1, 0.15) is 74.1 Å². The molecule has 0 aromatic heterocycles. The van der Waals surface area contributed by atoms with Crippen LogP contribution in [0.3, 0.4) is 0 Å². The van der Waals surface area contributed by atoms with Gasteiger partial charge in [-0.1, -0.05) is 66.7 Å². The quantitative estimate of drug-likeness (QED) is 0.303. The van der Waals surface area contributed by atoms with E-state index in [-0.39, 0.29) is 7.43 Å². The van der Waals surface area contributed by atoms with Gasteiger partial charge in [-0.2, -0.15) is 0 Å². The van der Waals surface area contributed by atoms with Crippen molar-refractivity contribution in [2.24, 2.45) is 0 Å². The molecule has 0 N–H and O–H groups in total. The molecular formula is C21H36. The van der Waals surface area contributed by atoms with Gasteiger partial charge in [0.25, 0.3) is 0 Å². The smallest absolute Gasteiger partial charge is 0.0163 e. The van der Waals surface area contributed by atoms with Crippen LogP contribution in [0.5, 0.6) is 0 Å². The Morgan fingerprint density at radius 2 is 1.33 bits per heavy atom. The molecule has 0 aliphatic heterocycles. The Morgan fingerprint density at radius 3 is 1.86 bits per heavy atom. The molecule has 0 bridgehead atoms. The third-order valence-corrected chi connectivity index (χ3v) is 3.13. The van der Waals surface area contributed by atoms with E-state index in [2.05, 4.69) is 64.7 Å². The molecular weight excluding hydrogens is 252 g/mol. The van der Waals surface area contributed by atoms with Gasteiger partial charge in [-0.05, 0) is 66.7 Å². The molecule has 0 aliphatic rings. The molecule has 0 heterocycles. The molecule has 0 aromatic carbocycles. The van der Waals surface area contributed by atoms with Crippen LogP contribution in [0, 0.1) is 0 Å². The van der Waals surface area contributed by atoms with Crippen molar-refractivity contribution >= 4 is 0 Å². The van der Waals surface area contributed by atoms with E-state index < -0.39 is 0 Å². The van der Waals surface area contributed by atoms with Gasteiger partial charge in [-0.15, -0.1) is 0 Å². The van der Waals surface area contributed by atoms with Gasteiger partial charge in [0, 0.05) is 0 Å². The normalized spacial score (nSPS) is 12.2. The zero-order valence-electron chi connectivity index (χ0n) is 14.1.